The van der Waals surface area contributed by atoms with E-state index in [0.717, 1.165) is 10.8 Å². The van der Waals surface area contributed by atoms with Gasteiger partial charge in [0.15, 0.2) is 0 Å². The van der Waals surface area contributed by atoms with Crippen molar-refractivity contribution in [1.29, 1.82) is 0 Å². The van der Waals surface area contributed by atoms with Gasteiger partial charge in [-0.2, -0.15) is 0 Å². The van der Waals surface area contributed by atoms with Crippen molar-refractivity contribution >= 4 is 28.3 Å². The molecule has 0 fully saturated rings. The lowest BCUT2D eigenvalue weighted by atomic mass is 10.5. The largest absolute Gasteiger partial charge is 0.257 e. The molecule has 0 unspecified atom stereocenters. The summed E-state index contributed by atoms with van der Waals surface area (Å²) in [7, 11) is 3.50. The Bertz CT molecular complexity index is 173. The molecule has 0 radical (unpaired) electrons. The molecule has 0 aromatic rings. The minimum Gasteiger partial charge on any atom is -0.257 e. The molecule has 0 atom stereocenters. The van der Waals surface area contributed by atoms with Crippen molar-refractivity contribution in [3.63, 3.8) is 0 Å². The third-order valence-electron chi connectivity index (χ3n) is 1.02. The van der Waals surface area contributed by atoms with E-state index in [1.54, 1.807) is 10.8 Å². The Hall–Kier alpha value is -0.150. The van der Waals surface area contributed by atoms with Gasteiger partial charge >= 0.3 is 0 Å². The van der Waals surface area contributed by atoms with Crippen LogP contribution in [0.2, 0.25) is 0 Å². The van der Waals surface area contributed by atoms with Crippen molar-refractivity contribution in [2.45, 2.75) is 20.3 Å². The molecule has 1 nitrogen and oxygen atoms in total. The summed E-state index contributed by atoms with van der Waals surface area (Å²) in [5, 5.41) is 0.978. The van der Waals surface area contributed by atoms with Crippen LogP contribution in [0, 0.1) is 0 Å². The van der Waals surface area contributed by atoms with Gasteiger partial charge in [0.05, 0.1) is 0 Å². The molecule has 0 amide bonds. The highest BCUT2D eigenvalue weighted by Crippen LogP contribution is 2.30. The van der Waals surface area contributed by atoms with Crippen LogP contribution in [0.5, 0.6) is 0 Å². The lowest BCUT2D eigenvalue weighted by Crippen LogP contribution is -1.70. The second kappa shape index (κ2) is 8.94. The Morgan fingerprint density at radius 3 is 2.83 bits per heavy atom. The predicted octanol–water partition coefficient (Wildman–Crippen LogP) is 3.90. The van der Waals surface area contributed by atoms with Crippen molar-refractivity contribution < 1.29 is 0 Å². The molecule has 0 aromatic heterocycles. The highest BCUT2D eigenvalue weighted by Gasteiger charge is 1.92. The van der Waals surface area contributed by atoms with Gasteiger partial charge in [0.2, 0.25) is 0 Å². The first-order chi connectivity index (χ1) is 5.85. The zero-order valence-corrected chi connectivity index (χ0v) is 9.25. The number of hydrogen-bond donors (Lipinski definition) is 0. The molecule has 0 aliphatic carbocycles. The summed E-state index contributed by atoms with van der Waals surface area (Å²) >= 11 is 0. The first kappa shape index (κ1) is 11.8. The van der Waals surface area contributed by atoms with E-state index in [2.05, 4.69) is 18.6 Å². The summed E-state index contributed by atoms with van der Waals surface area (Å²) < 4.78 is 0. The first-order valence-corrected chi connectivity index (χ1v) is 6.26. The van der Waals surface area contributed by atoms with Crippen LogP contribution in [0.1, 0.15) is 20.3 Å². The average Bonchev–Trinajstić information content (AvgIpc) is 2.11. The van der Waals surface area contributed by atoms with Crippen LogP contribution >= 0.6 is 21.6 Å². The summed E-state index contributed by atoms with van der Waals surface area (Å²) in [6.45, 7) is 7.66. The predicted molar refractivity (Wildman–Crippen MR) is 62.8 cm³/mol. The number of hydrogen-bond acceptors (Lipinski definition) is 3. The molecule has 0 saturated carbocycles. The van der Waals surface area contributed by atoms with Crippen LogP contribution in [0.25, 0.3) is 0 Å². The summed E-state index contributed by atoms with van der Waals surface area (Å²) in [5.41, 5.74) is 0. The summed E-state index contributed by atoms with van der Waals surface area (Å²) in [5.74, 6) is 1.16. The molecule has 3 heteroatoms. The van der Waals surface area contributed by atoms with Gasteiger partial charge in [0.1, 0.15) is 5.03 Å². The molecule has 0 bridgehead atoms. The van der Waals surface area contributed by atoms with Gasteiger partial charge in [0.25, 0.3) is 0 Å². The van der Waals surface area contributed by atoms with Crippen LogP contribution in [0.3, 0.4) is 0 Å². The number of nitrogens with zero attached hydrogens (tertiary/aromatic N) is 1. The standard InChI is InChI=1S/C9H15NS2/c1-4-6-7-9(10-3)12-11-8-5-2/h4,6-7H,3,5,8H2,1-2H3/b6-4-,9-7+. The Balaban J connectivity index is 3.74. The lowest BCUT2D eigenvalue weighted by Gasteiger charge is -1.97. The summed E-state index contributed by atoms with van der Waals surface area (Å²) in [6, 6.07) is 0. The quantitative estimate of drug-likeness (QED) is 0.280. The molecule has 0 rings (SSSR count). The monoisotopic (exact) mass is 201 g/mol. The van der Waals surface area contributed by atoms with E-state index in [1.165, 1.54) is 6.42 Å². The third-order valence-corrected chi connectivity index (χ3v) is 3.51. The average molecular weight is 201 g/mol. The van der Waals surface area contributed by atoms with Crippen molar-refractivity contribution in [2.75, 3.05) is 5.75 Å². The topological polar surface area (TPSA) is 12.4 Å². The highest BCUT2D eigenvalue weighted by atomic mass is 33.1. The van der Waals surface area contributed by atoms with Gasteiger partial charge in [-0.15, -0.1) is 0 Å². The Morgan fingerprint density at radius 1 is 1.58 bits per heavy atom. The minimum absolute atomic E-state index is 0.978. The maximum absolute atomic E-state index is 3.90. The molecule has 12 heavy (non-hydrogen) atoms. The third kappa shape index (κ3) is 6.55. The van der Waals surface area contributed by atoms with Crippen molar-refractivity contribution in [3.8, 4) is 0 Å². The smallest absolute Gasteiger partial charge is 0.106 e. The molecular weight excluding hydrogens is 186 g/mol. The molecule has 0 saturated heterocycles. The van der Waals surface area contributed by atoms with Crippen LogP contribution in [-0.4, -0.2) is 12.5 Å². The first-order valence-electron chi connectivity index (χ1n) is 3.94. The van der Waals surface area contributed by atoms with Crippen molar-refractivity contribution in [2.24, 2.45) is 4.99 Å². The van der Waals surface area contributed by atoms with E-state index in [-0.39, 0.29) is 0 Å². The SMILES string of the molecule is C=N/C(=C\C=C/C)SSCCC. The highest BCUT2D eigenvalue weighted by molar-refractivity contribution is 8.78. The van der Waals surface area contributed by atoms with Crippen LogP contribution in [0.15, 0.2) is 28.2 Å². The fourth-order valence-electron chi connectivity index (χ4n) is 0.471. The van der Waals surface area contributed by atoms with E-state index in [0.29, 0.717) is 0 Å². The fraction of sp³-hybridized carbons (Fsp3) is 0.444. The van der Waals surface area contributed by atoms with E-state index in [1.807, 2.05) is 35.9 Å². The Labute approximate surface area is 82.8 Å². The maximum Gasteiger partial charge on any atom is 0.106 e. The molecule has 0 aromatic carbocycles. The van der Waals surface area contributed by atoms with Gasteiger partial charge in [0, 0.05) is 5.75 Å². The zero-order valence-electron chi connectivity index (χ0n) is 7.62. The second-order valence-electron chi connectivity index (χ2n) is 2.09. The van der Waals surface area contributed by atoms with Gasteiger partial charge in [-0.3, -0.25) is 4.99 Å². The zero-order chi connectivity index (χ0) is 9.23. The molecule has 68 valence electrons. The second-order valence-corrected chi connectivity index (χ2v) is 4.53. The Morgan fingerprint density at radius 2 is 2.33 bits per heavy atom. The van der Waals surface area contributed by atoms with Crippen molar-refractivity contribution in [3.05, 3.63) is 23.3 Å². The summed E-state index contributed by atoms with van der Waals surface area (Å²) in [4.78, 5) is 3.90. The van der Waals surface area contributed by atoms with E-state index < -0.39 is 0 Å². The number of rotatable bonds is 6. The van der Waals surface area contributed by atoms with Gasteiger partial charge < -0.3 is 0 Å². The van der Waals surface area contributed by atoms with E-state index in [4.69, 9.17) is 0 Å². The fourth-order valence-corrected chi connectivity index (χ4v) is 2.47. The minimum atomic E-state index is 0.978. The number of allylic oxidation sites excluding steroid dienone is 3. The normalized spacial score (nSPS) is 12.3. The molecule has 0 heterocycles. The van der Waals surface area contributed by atoms with Crippen LogP contribution < -0.4 is 0 Å². The molecule has 0 spiro atoms. The van der Waals surface area contributed by atoms with Crippen LogP contribution in [0.4, 0.5) is 0 Å². The molecular formula is C9H15NS2. The van der Waals surface area contributed by atoms with Gasteiger partial charge in [-0.25, -0.2) is 0 Å². The van der Waals surface area contributed by atoms with E-state index in [9.17, 15) is 0 Å². The molecule has 0 aliphatic rings. The Kier molecular flexibility index (Phi) is 8.83. The van der Waals surface area contributed by atoms with Gasteiger partial charge in [-0.1, -0.05) is 29.9 Å². The van der Waals surface area contributed by atoms with Crippen LogP contribution in [-0.2, 0) is 0 Å². The lowest BCUT2D eigenvalue weighted by molar-refractivity contribution is 1.11. The van der Waals surface area contributed by atoms with E-state index >= 15 is 0 Å². The maximum atomic E-state index is 3.90. The van der Waals surface area contributed by atoms with Gasteiger partial charge in [-0.05, 0) is 36.9 Å². The molecule has 0 N–H and O–H groups in total. The van der Waals surface area contributed by atoms with Crippen molar-refractivity contribution in [1.82, 2.24) is 0 Å². The summed E-state index contributed by atoms with van der Waals surface area (Å²) in [6.07, 6.45) is 7.13. The number of aliphatic imine (C=N–C) groups is 1. The molecule has 0 aliphatic heterocycles.